The molecule has 0 saturated heterocycles. The standard InChI is InChI=1S/C17H18ClNO4/c1-11(17(21)22)9-19(2)16(20)6-3-12-7-13-8-14(18)4-5-15(13)23-10-12/h3-8,11H,9-10H2,1-2H3,(H,21,22)/b6-3+. The molecule has 1 unspecified atom stereocenters. The number of ether oxygens (including phenoxy) is 1. The molecule has 1 heterocycles. The number of fused-ring (bicyclic) bond motifs is 1. The summed E-state index contributed by atoms with van der Waals surface area (Å²) in [5, 5.41) is 9.49. The Hall–Kier alpha value is -2.27. The maximum atomic E-state index is 12.0. The van der Waals surface area contributed by atoms with E-state index in [2.05, 4.69) is 0 Å². The van der Waals surface area contributed by atoms with Crippen LogP contribution in [0.2, 0.25) is 5.02 Å². The molecule has 0 aromatic heterocycles. The van der Waals surface area contributed by atoms with Gasteiger partial charge in [0, 0.05) is 30.3 Å². The van der Waals surface area contributed by atoms with Gasteiger partial charge in [0.15, 0.2) is 0 Å². The van der Waals surface area contributed by atoms with Crippen molar-refractivity contribution < 1.29 is 19.4 Å². The van der Waals surface area contributed by atoms with Gasteiger partial charge in [-0.15, -0.1) is 0 Å². The molecule has 0 fully saturated rings. The van der Waals surface area contributed by atoms with Gasteiger partial charge in [0.05, 0.1) is 5.92 Å². The van der Waals surface area contributed by atoms with Crippen molar-refractivity contribution in [3.63, 3.8) is 0 Å². The lowest BCUT2D eigenvalue weighted by Crippen LogP contribution is -2.32. The fourth-order valence-electron chi connectivity index (χ4n) is 2.15. The number of amides is 1. The topological polar surface area (TPSA) is 66.8 Å². The molecule has 1 aliphatic heterocycles. The van der Waals surface area contributed by atoms with E-state index in [0.29, 0.717) is 11.6 Å². The quantitative estimate of drug-likeness (QED) is 0.840. The summed E-state index contributed by atoms with van der Waals surface area (Å²) >= 11 is 5.96. The van der Waals surface area contributed by atoms with Gasteiger partial charge in [0.25, 0.3) is 0 Å². The van der Waals surface area contributed by atoms with Gasteiger partial charge in [-0.05, 0) is 29.8 Å². The van der Waals surface area contributed by atoms with E-state index in [0.717, 1.165) is 16.9 Å². The minimum Gasteiger partial charge on any atom is -0.488 e. The molecule has 1 aromatic carbocycles. The van der Waals surface area contributed by atoms with Crippen LogP contribution in [0.1, 0.15) is 12.5 Å². The van der Waals surface area contributed by atoms with E-state index in [1.807, 2.05) is 6.08 Å². The fourth-order valence-corrected chi connectivity index (χ4v) is 2.33. The predicted octanol–water partition coefficient (Wildman–Crippen LogP) is 2.85. The van der Waals surface area contributed by atoms with Crippen LogP contribution in [-0.2, 0) is 9.59 Å². The summed E-state index contributed by atoms with van der Waals surface area (Å²) in [6.45, 7) is 2.09. The zero-order valence-electron chi connectivity index (χ0n) is 13.0. The highest BCUT2D eigenvalue weighted by molar-refractivity contribution is 6.30. The Kier molecular flexibility index (Phi) is 5.45. The van der Waals surface area contributed by atoms with E-state index in [4.69, 9.17) is 21.4 Å². The van der Waals surface area contributed by atoms with Crippen molar-refractivity contribution in [2.45, 2.75) is 6.92 Å². The van der Waals surface area contributed by atoms with Gasteiger partial charge in [-0.2, -0.15) is 0 Å². The molecule has 0 saturated carbocycles. The third-order valence-electron chi connectivity index (χ3n) is 3.49. The second-order valence-corrected chi connectivity index (χ2v) is 5.92. The smallest absolute Gasteiger partial charge is 0.308 e. The van der Waals surface area contributed by atoms with Crippen molar-refractivity contribution in [1.29, 1.82) is 0 Å². The predicted molar refractivity (Wildman–Crippen MR) is 88.5 cm³/mol. The van der Waals surface area contributed by atoms with Crippen LogP contribution in [0.25, 0.3) is 6.08 Å². The molecule has 0 radical (unpaired) electrons. The van der Waals surface area contributed by atoms with Crippen molar-refractivity contribution in [2.24, 2.45) is 5.92 Å². The SMILES string of the molecule is CC(CN(C)C(=O)/C=C/C1=Cc2cc(Cl)ccc2OC1)C(=O)O. The monoisotopic (exact) mass is 335 g/mol. The lowest BCUT2D eigenvalue weighted by Gasteiger charge is -2.18. The number of hydrogen-bond donors (Lipinski definition) is 1. The molecule has 6 heteroatoms. The first-order valence-corrected chi connectivity index (χ1v) is 7.53. The van der Waals surface area contributed by atoms with Gasteiger partial charge < -0.3 is 14.7 Å². The van der Waals surface area contributed by atoms with E-state index >= 15 is 0 Å². The number of carbonyl (C=O) groups excluding carboxylic acids is 1. The highest BCUT2D eigenvalue weighted by Gasteiger charge is 2.16. The molecule has 0 spiro atoms. The first kappa shape index (κ1) is 17.1. The van der Waals surface area contributed by atoms with E-state index in [1.54, 1.807) is 38.2 Å². The van der Waals surface area contributed by atoms with Gasteiger partial charge in [0.1, 0.15) is 12.4 Å². The van der Waals surface area contributed by atoms with E-state index < -0.39 is 11.9 Å². The van der Waals surface area contributed by atoms with E-state index in [9.17, 15) is 9.59 Å². The second kappa shape index (κ2) is 7.33. The van der Waals surface area contributed by atoms with Crippen LogP contribution in [0.3, 0.4) is 0 Å². The van der Waals surface area contributed by atoms with Crippen molar-refractivity contribution >= 4 is 29.6 Å². The molecule has 1 N–H and O–H groups in total. The first-order chi connectivity index (χ1) is 10.9. The number of carboxylic acids is 1. The van der Waals surface area contributed by atoms with Crippen LogP contribution in [0, 0.1) is 5.92 Å². The summed E-state index contributed by atoms with van der Waals surface area (Å²) in [6, 6.07) is 5.37. The number of carboxylic acid groups (broad SMARTS) is 1. The number of aliphatic carboxylic acids is 1. The average molecular weight is 336 g/mol. The average Bonchev–Trinajstić information content (AvgIpc) is 2.51. The highest BCUT2D eigenvalue weighted by Crippen LogP contribution is 2.29. The van der Waals surface area contributed by atoms with Crippen LogP contribution in [0.5, 0.6) is 5.75 Å². The van der Waals surface area contributed by atoms with E-state index in [1.165, 1.54) is 11.0 Å². The molecule has 2 rings (SSSR count). The van der Waals surface area contributed by atoms with Crippen LogP contribution in [0.4, 0.5) is 0 Å². The summed E-state index contributed by atoms with van der Waals surface area (Å²) < 4.78 is 5.60. The molecule has 23 heavy (non-hydrogen) atoms. The number of rotatable bonds is 5. The van der Waals surface area contributed by atoms with Crippen LogP contribution in [-0.4, -0.2) is 42.1 Å². The molecule has 0 bridgehead atoms. The van der Waals surface area contributed by atoms with Gasteiger partial charge in [-0.25, -0.2) is 0 Å². The zero-order valence-corrected chi connectivity index (χ0v) is 13.7. The maximum absolute atomic E-state index is 12.0. The minimum absolute atomic E-state index is 0.159. The number of nitrogens with zero attached hydrogens (tertiary/aromatic N) is 1. The lowest BCUT2D eigenvalue weighted by molar-refractivity contribution is -0.142. The minimum atomic E-state index is -0.925. The molecular formula is C17H18ClNO4. The van der Waals surface area contributed by atoms with Crippen LogP contribution >= 0.6 is 11.6 Å². The number of halogens is 1. The van der Waals surface area contributed by atoms with Crippen molar-refractivity contribution in [2.75, 3.05) is 20.2 Å². The number of hydrogen-bond acceptors (Lipinski definition) is 3. The van der Waals surface area contributed by atoms with Crippen molar-refractivity contribution in [1.82, 2.24) is 4.90 Å². The van der Waals surface area contributed by atoms with Crippen molar-refractivity contribution in [3.05, 3.63) is 46.5 Å². The number of carbonyl (C=O) groups is 2. The van der Waals surface area contributed by atoms with Gasteiger partial charge in [0.2, 0.25) is 5.91 Å². The molecule has 1 amide bonds. The molecule has 5 nitrogen and oxygen atoms in total. The Bertz CT molecular complexity index is 681. The van der Waals surface area contributed by atoms with Crippen LogP contribution in [0.15, 0.2) is 35.9 Å². The first-order valence-electron chi connectivity index (χ1n) is 7.15. The molecule has 1 aromatic rings. The van der Waals surface area contributed by atoms with Gasteiger partial charge >= 0.3 is 5.97 Å². The Morgan fingerprint density at radius 2 is 2.22 bits per heavy atom. The Morgan fingerprint density at radius 1 is 1.48 bits per heavy atom. The molecule has 1 aliphatic rings. The Balaban J connectivity index is 2.03. The number of benzene rings is 1. The number of likely N-dealkylation sites (N-methyl/N-ethyl adjacent to an activating group) is 1. The normalized spacial score (nSPS) is 14.7. The Morgan fingerprint density at radius 3 is 2.91 bits per heavy atom. The van der Waals surface area contributed by atoms with Gasteiger partial charge in [-0.1, -0.05) is 24.6 Å². The molecule has 1 atom stereocenters. The Labute approximate surface area is 139 Å². The zero-order chi connectivity index (χ0) is 17.0. The second-order valence-electron chi connectivity index (χ2n) is 5.48. The lowest BCUT2D eigenvalue weighted by atomic mass is 10.1. The summed E-state index contributed by atoms with van der Waals surface area (Å²) in [6.07, 6.45) is 5.00. The highest BCUT2D eigenvalue weighted by atomic mass is 35.5. The third kappa shape index (κ3) is 4.60. The van der Waals surface area contributed by atoms with Crippen LogP contribution < -0.4 is 4.74 Å². The van der Waals surface area contributed by atoms with Gasteiger partial charge in [-0.3, -0.25) is 9.59 Å². The molecule has 0 aliphatic carbocycles. The van der Waals surface area contributed by atoms with Crippen molar-refractivity contribution in [3.8, 4) is 5.75 Å². The fraction of sp³-hybridized carbons (Fsp3) is 0.294. The summed E-state index contributed by atoms with van der Waals surface area (Å²) in [7, 11) is 1.58. The summed E-state index contributed by atoms with van der Waals surface area (Å²) in [5.41, 5.74) is 1.71. The summed E-state index contributed by atoms with van der Waals surface area (Å²) in [5.74, 6) is -1.03. The third-order valence-corrected chi connectivity index (χ3v) is 3.73. The molecule has 122 valence electrons. The van der Waals surface area contributed by atoms with E-state index in [-0.39, 0.29) is 12.5 Å². The molecular weight excluding hydrogens is 318 g/mol. The maximum Gasteiger partial charge on any atom is 0.308 e. The summed E-state index contributed by atoms with van der Waals surface area (Å²) in [4.78, 5) is 24.2. The largest absolute Gasteiger partial charge is 0.488 e.